The number of hydrogen-bond acceptors (Lipinski definition) is 6. The van der Waals surface area contributed by atoms with Crippen LogP contribution in [0.3, 0.4) is 0 Å². The number of aromatic hydroxyl groups is 1. The van der Waals surface area contributed by atoms with Crippen molar-refractivity contribution in [3.05, 3.63) is 61.2 Å². The molecule has 112 valence electrons. The summed E-state index contributed by atoms with van der Waals surface area (Å²) in [6, 6.07) is 12.9. The summed E-state index contributed by atoms with van der Waals surface area (Å²) in [7, 11) is 0. The molecule has 0 atom stereocenters. The molecule has 0 aliphatic rings. The maximum Gasteiger partial charge on any atom is 0.174 e. The van der Waals surface area contributed by atoms with Gasteiger partial charge >= 0.3 is 0 Å². The van der Waals surface area contributed by atoms with Gasteiger partial charge in [0.1, 0.15) is 12.1 Å². The topological polar surface area (TPSA) is 88.8 Å². The molecular formula is C16H12N6O. The van der Waals surface area contributed by atoms with Gasteiger partial charge in [-0.15, -0.1) is 0 Å². The van der Waals surface area contributed by atoms with Gasteiger partial charge < -0.3 is 10.4 Å². The Bertz CT molecular complexity index is 967. The number of hydrogen-bond donors (Lipinski definition) is 2. The third-order valence-corrected chi connectivity index (χ3v) is 3.39. The van der Waals surface area contributed by atoms with Crippen LogP contribution in [0.1, 0.15) is 0 Å². The van der Waals surface area contributed by atoms with E-state index in [4.69, 9.17) is 0 Å². The number of fused-ring (bicyclic) bond motifs is 1. The molecular weight excluding hydrogens is 292 g/mol. The van der Waals surface area contributed by atoms with Crippen LogP contribution in [0.2, 0.25) is 0 Å². The van der Waals surface area contributed by atoms with E-state index in [1.54, 1.807) is 29.2 Å². The summed E-state index contributed by atoms with van der Waals surface area (Å²) in [5.41, 5.74) is 1.58. The number of benzene rings is 1. The molecule has 0 aliphatic heterocycles. The van der Waals surface area contributed by atoms with Gasteiger partial charge in [0.2, 0.25) is 0 Å². The predicted molar refractivity (Wildman–Crippen MR) is 85.8 cm³/mol. The van der Waals surface area contributed by atoms with Gasteiger partial charge in [0.05, 0.1) is 17.3 Å². The summed E-state index contributed by atoms with van der Waals surface area (Å²) in [4.78, 5) is 12.6. The van der Waals surface area contributed by atoms with E-state index in [1.807, 2.05) is 30.3 Å². The van der Waals surface area contributed by atoms with Crippen molar-refractivity contribution < 1.29 is 5.11 Å². The first-order valence-corrected chi connectivity index (χ1v) is 6.98. The molecule has 2 N–H and O–H groups in total. The van der Waals surface area contributed by atoms with Crippen LogP contribution >= 0.6 is 0 Å². The van der Waals surface area contributed by atoms with Crippen LogP contribution in [0, 0.1) is 0 Å². The van der Waals surface area contributed by atoms with Crippen molar-refractivity contribution in [3.63, 3.8) is 0 Å². The number of aromatic nitrogens is 5. The van der Waals surface area contributed by atoms with Gasteiger partial charge in [-0.3, -0.25) is 0 Å². The molecule has 0 saturated heterocycles. The van der Waals surface area contributed by atoms with Crippen molar-refractivity contribution in [2.45, 2.75) is 0 Å². The Labute approximate surface area is 131 Å². The summed E-state index contributed by atoms with van der Waals surface area (Å²) in [5, 5.41) is 18.0. The lowest BCUT2D eigenvalue weighted by atomic mass is 10.3. The van der Waals surface area contributed by atoms with Gasteiger partial charge in [0.25, 0.3) is 0 Å². The Morgan fingerprint density at radius 3 is 2.61 bits per heavy atom. The highest BCUT2D eigenvalue weighted by Crippen LogP contribution is 2.27. The molecule has 3 heterocycles. The van der Waals surface area contributed by atoms with Crippen LogP contribution in [0.4, 0.5) is 11.6 Å². The number of rotatable bonds is 3. The normalized spacial score (nSPS) is 10.8. The number of nitrogens with zero attached hydrogens (tertiary/aromatic N) is 5. The molecule has 0 aliphatic carbocycles. The Morgan fingerprint density at radius 2 is 1.78 bits per heavy atom. The number of anilines is 2. The van der Waals surface area contributed by atoms with E-state index in [-0.39, 0.29) is 5.75 Å². The van der Waals surface area contributed by atoms with E-state index in [9.17, 15) is 5.11 Å². The zero-order valence-electron chi connectivity index (χ0n) is 12.0. The minimum atomic E-state index is 0.0507. The highest BCUT2D eigenvalue weighted by Gasteiger charge is 2.12. The average Bonchev–Trinajstić information content (AvgIpc) is 3.03. The summed E-state index contributed by atoms with van der Waals surface area (Å²) < 4.78 is 1.74. The second-order valence-electron chi connectivity index (χ2n) is 4.85. The number of pyridine rings is 1. The van der Waals surface area contributed by atoms with Gasteiger partial charge in [0, 0.05) is 6.20 Å². The van der Waals surface area contributed by atoms with E-state index >= 15 is 0 Å². The van der Waals surface area contributed by atoms with Gasteiger partial charge in [-0.25, -0.2) is 19.6 Å². The Kier molecular flexibility index (Phi) is 3.09. The fraction of sp³-hybridized carbons (Fsp3) is 0. The first kappa shape index (κ1) is 13.2. The molecule has 0 spiro atoms. The fourth-order valence-electron chi connectivity index (χ4n) is 2.31. The van der Waals surface area contributed by atoms with Crippen molar-refractivity contribution in [1.82, 2.24) is 24.7 Å². The molecule has 7 nitrogen and oxygen atoms in total. The fourth-order valence-corrected chi connectivity index (χ4v) is 2.31. The van der Waals surface area contributed by atoms with E-state index in [0.29, 0.717) is 17.3 Å². The first-order valence-electron chi connectivity index (χ1n) is 6.98. The van der Waals surface area contributed by atoms with E-state index in [0.717, 1.165) is 11.1 Å². The molecule has 3 aromatic heterocycles. The summed E-state index contributed by atoms with van der Waals surface area (Å²) in [6.07, 6.45) is 4.73. The minimum absolute atomic E-state index is 0.0507. The number of para-hydroxylation sites is 1. The lowest BCUT2D eigenvalue weighted by Gasteiger charge is -2.07. The maximum absolute atomic E-state index is 9.84. The summed E-state index contributed by atoms with van der Waals surface area (Å²) in [5.74, 6) is 0.917. The van der Waals surface area contributed by atoms with Crippen molar-refractivity contribution in [1.29, 1.82) is 0 Å². The molecule has 1 aromatic carbocycles. The molecule has 4 rings (SSSR count). The second kappa shape index (κ2) is 5.38. The monoisotopic (exact) mass is 304 g/mol. The van der Waals surface area contributed by atoms with Crippen molar-refractivity contribution in [2.24, 2.45) is 0 Å². The van der Waals surface area contributed by atoms with Gasteiger partial charge in [-0.05, 0) is 24.3 Å². The van der Waals surface area contributed by atoms with E-state index in [2.05, 4.69) is 25.4 Å². The van der Waals surface area contributed by atoms with Crippen molar-refractivity contribution in [2.75, 3.05) is 5.32 Å². The standard InChI is InChI=1S/C16H12N6O/c23-13-7-4-8-17-15(13)21-14-12-9-20-22(16(12)19-10-18-14)11-5-2-1-3-6-11/h1-10,23H,(H,17,18,19,21). The Hall–Kier alpha value is -3.48. The Morgan fingerprint density at radius 1 is 0.913 bits per heavy atom. The maximum atomic E-state index is 9.84. The van der Waals surface area contributed by atoms with Crippen LogP contribution in [0.15, 0.2) is 61.2 Å². The van der Waals surface area contributed by atoms with Crippen molar-refractivity contribution >= 4 is 22.7 Å². The second-order valence-corrected chi connectivity index (χ2v) is 4.85. The third-order valence-electron chi connectivity index (χ3n) is 3.39. The van der Waals surface area contributed by atoms with Crippen molar-refractivity contribution in [3.8, 4) is 11.4 Å². The van der Waals surface area contributed by atoms with E-state index < -0.39 is 0 Å². The van der Waals surface area contributed by atoms with Crippen LogP contribution in [0.25, 0.3) is 16.7 Å². The van der Waals surface area contributed by atoms with Crippen LogP contribution in [-0.2, 0) is 0 Å². The molecule has 0 fully saturated rings. The quantitative estimate of drug-likeness (QED) is 0.605. The molecule has 23 heavy (non-hydrogen) atoms. The molecule has 0 unspecified atom stereocenters. The highest BCUT2D eigenvalue weighted by atomic mass is 16.3. The summed E-state index contributed by atoms with van der Waals surface area (Å²) in [6.45, 7) is 0. The van der Waals surface area contributed by atoms with E-state index in [1.165, 1.54) is 6.33 Å². The largest absolute Gasteiger partial charge is 0.504 e. The zero-order chi connectivity index (χ0) is 15.6. The lowest BCUT2D eigenvalue weighted by Crippen LogP contribution is -2.00. The van der Waals surface area contributed by atoms with Gasteiger partial charge in [-0.1, -0.05) is 18.2 Å². The molecule has 0 saturated carbocycles. The first-order chi connectivity index (χ1) is 11.3. The molecule has 0 bridgehead atoms. The average molecular weight is 304 g/mol. The lowest BCUT2D eigenvalue weighted by molar-refractivity contribution is 0.475. The smallest absolute Gasteiger partial charge is 0.174 e. The predicted octanol–water partition coefficient (Wildman–Crippen LogP) is 2.66. The third kappa shape index (κ3) is 2.34. The SMILES string of the molecule is Oc1cccnc1Nc1ncnc2c1cnn2-c1ccccc1. The van der Waals surface area contributed by atoms with Gasteiger partial charge in [0.15, 0.2) is 17.2 Å². The minimum Gasteiger partial charge on any atom is -0.504 e. The zero-order valence-corrected chi connectivity index (χ0v) is 12.0. The van der Waals surface area contributed by atoms with Crippen LogP contribution in [-0.4, -0.2) is 29.8 Å². The van der Waals surface area contributed by atoms with Gasteiger partial charge in [-0.2, -0.15) is 5.10 Å². The van der Waals surface area contributed by atoms with Crippen LogP contribution < -0.4 is 5.32 Å². The molecule has 4 aromatic rings. The molecule has 0 radical (unpaired) electrons. The Balaban J connectivity index is 1.81. The molecule has 0 amide bonds. The van der Waals surface area contributed by atoms with Crippen LogP contribution in [0.5, 0.6) is 5.75 Å². The summed E-state index contributed by atoms with van der Waals surface area (Å²) >= 11 is 0. The highest BCUT2D eigenvalue weighted by molar-refractivity contribution is 5.89. The molecule has 7 heteroatoms. The number of nitrogens with one attached hydrogen (secondary N) is 1.